The van der Waals surface area contributed by atoms with Gasteiger partial charge < -0.3 is 15.0 Å². The molecule has 2 aromatic carbocycles. The lowest BCUT2D eigenvalue weighted by atomic mass is 9.94. The average molecular weight is 334 g/mol. The number of nitrogens with zero attached hydrogens (tertiary/aromatic N) is 1. The van der Waals surface area contributed by atoms with Gasteiger partial charge >= 0.3 is 0 Å². The van der Waals surface area contributed by atoms with Crippen LogP contribution >= 0.6 is 0 Å². The molecule has 0 bridgehead atoms. The summed E-state index contributed by atoms with van der Waals surface area (Å²) in [6.07, 6.45) is 2.46. The van der Waals surface area contributed by atoms with E-state index < -0.39 is 0 Å². The SMILES string of the molecule is COc1cc2c(cc1C)CN(c1ccc(C34CNCC3C4)cc1)CC2. The molecule has 2 fully saturated rings. The van der Waals surface area contributed by atoms with E-state index in [9.17, 15) is 0 Å². The molecule has 3 aliphatic rings. The zero-order valence-electron chi connectivity index (χ0n) is 15.1. The van der Waals surface area contributed by atoms with Gasteiger partial charge in [-0.3, -0.25) is 0 Å². The minimum atomic E-state index is 0.459. The van der Waals surface area contributed by atoms with Gasteiger partial charge in [-0.2, -0.15) is 0 Å². The van der Waals surface area contributed by atoms with Crippen molar-refractivity contribution >= 4 is 5.69 Å². The third kappa shape index (κ3) is 2.36. The molecule has 1 N–H and O–H groups in total. The van der Waals surface area contributed by atoms with E-state index in [1.165, 1.54) is 40.9 Å². The van der Waals surface area contributed by atoms with Gasteiger partial charge in [0.1, 0.15) is 5.75 Å². The smallest absolute Gasteiger partial charge is 0.122 e. The van der Waals surface area contributed by atoms with Gasteiger partial charge in [0, 0.05) is 30.7 Å². The highest BCUT2D eigenvalue weighted by molar-refractivity contribution is 5.54. The predicted molar refractivity (Wildman–Crippen MR) is 102 cm³/mol. The molecule has 2 aliphatic heterocycles. The van der Waals surface area contributed by atoms with E-state index in [0.717, 1.165) is 37.7 Å². The molecule has 0 spiro atoms. The van der Waals surface area contributed by atoms with Crippen LogP contribution < -0.4 is 15.0 Å². The zero-order valence-corrected chi connectivity index (χ0v) is 15.1. The van der Waals surface area contributed by atoms with Crippen molar-refractivity contribution in [1.82, 2.24) is 5.32 Å². The molecule has 2 heterocycles. The minimum Gasteiger partial charge on any atom is -0.496 e. The largest absolute Gasteiger partial charge is 0.496 e. The molecule has 0 aromatic heterocycles. The van der Waals surface area contributed by atoms with Crippen molar-refractivity contribution in [2.75, 3.05) is 31.6 Å². The van der Waals surface area contributed by atoms with Crippen molar-refractivity contribution in [3.63, 3.8) is 0 Å². The topological polar surface area (TPSA) is 24.5 Å². The van der Waals surface area contributed by atoms with Crippen LogP contribution in [0, 0.1) is 12.8 Å². The Kier molecular flexibility index (Phi) is 3.36. The molecule has 1 saturated carbocycles. The lowest BCUT2D eigenvalue weighted by Gasteiger charge is -2.31. The summed E-state index contributed by atoms with van der Waals surface area (Å²) in [6, 6.07) is 13.9. The molecule has 3 heteroatoms. The third-order valence-corrected chi connectivity index (χ3v) is 6.60. The molecule has 2 unspecified atom stereocenters. The van der Waals surface area contributed by atoms with Crippen molar-refractivity contribution < 1.29 is 4.74 Å². The highest BCUT2D eigenvalue weighted by atomic mass is 16.5. The Balaban J connectivity index is 1.37. The molecule has 1 aliphatic carbocycles. The van der Waals surface area contributed by atoms with Crippen molar-refractivity contribution in [1.29, 1.82) is 0 Å². The van der Waals surface area contributed by atoms with E-state index in [4.69, 9.17) is 4.74 Å². The second-order valence-electron chi connectivity index (χ2n) is 8.00. The Labute approximate surface area is 150 Å². The Morgan fingerprint density at radius 3 is 2.68 bits per heavy atom. The second kappa shape index (κ2) is 5.50. The van der Waals surface area contributed by atoms with Crippen LogP contribution in [0.2, 0.25) is 0 Å². The van der Waals surface area contributed by atoms with Gasteiger partial charge in [0.25, 0.3) is 0 Å². The number of ether oxygens (including phenoxy) is 1. The van der Waals surface area contributed by atoms with E-state index >= 15 is 0 Å². The van der Waals surface area contributed by atoms with Gasteiger partial charge in [-0.05, 0) is 72.7 Å². The molecule has 2 atom stereocenters. The summed E-state index contributed by atoms with van der Waals surface area (Å²) in [7, 11) is 1.76. The fourth-order valence-electron chi connectivity index (χ4n) is 4.94. The molecule has 25 heavy (non-hydrogen) atoms. The molecule has 3 nitrogen and oxygen atoms in total. The van der Waals surface area contributed by atoms with Crippen molar-refractivity contribution in [3.05, 3.63) is 58.7 Å². The highest BCUT2D eigenvalue weighted by Gasteiger charge is 2.57. The fraction of sp³-hybridized carbons (Fsp3) is 0.455. The van der Waals surface area contributed by atoms with E-state index in [1.54, 1.807) is 7.11 Å². The second-order valence-corrected chi connectivity index (χ2v) is 8.00. The van der Waals surface area contributed by atoms with E-state index in [2.05, 4.69) is 53.5 Å². The first-order valence-corrected chi connectivity index (χ1v) is 9.42. The standard InChI is InChI=1S/C22H26N2O/c1-15-9-17-13-24(8-7-16(17)10-21(15)25-2)20-5-3-18(4-6-20)22-11-19(22)12-23-14-22/h3-6,9-10,19,23H,7-8,11-14H2,1-2H3. The molecule has 2 aromatic rings. The quantitative estimate of drug-likeness (QED) is 0.931. The lowest BCUT2D eigenvalue weighted by molar-refractivity contribution is 0.410. The summed E-state index contributed by atoms with van der Waals surface area (Å²) < 4.78 is 5.48. The molecular weight excluding hydrogens is 308 g/mol. The van der Waals surface area contributed by atoms with Crippen LogP contribution in [0.3, 0.4) is 0 Å². The number of anilines is 1. The maximum Gasteiger partial charge on any atom is 0.122 e. The van der Waals surface area contributed by atoms with Gasteiger partial charge in [0.2, 0.25) is 0 Å². The predicted octanol–water partition coefficient (Wildman–Crippen LogP) is 3.43. The van der Waals surface area contributed by atoms with E-state index in [1.807, 2.05) is 0 Å². The van der Waals surface area contributed by atoms with Gasteiger partial charge in [0.05, 0.1) is 7.11 Å². The number of methoxy groups -OCH3 is 1. The van der Waals surface area contributed by atoms with Crippen LogP contribution in [0.1, 0.15) is 28.7 Å². The molecule has 1 saturated heterocycles. The van der Waals surface area contributed by atoms with E-state index in [-0.39, 0.29) is 0 Å². The summed E-state index contributed by atoms with van der Waals surface area (Å²) in [5, 5.41) is 3.54. The van der Waals surface area contributed by atoms with Crippen LogP contribution in [0.4, 0.5) is 5.69 Å². The van der Waals surface area contributed by atoms with Crippen LogP contribution in [0.5, 0.6) is 5.75 Å². The summed E-state index contributed by atoms with van der Waals surface area (Å²) in [6.45, 7) is 6.57. The van der Waals surface area contributed by atoms with Crippen LogP contribution in [0.15, 0.2) is 36.4 Å². The first-order chi connectivity index (χ1) is 12.2. The molecule has 5 rings (SSSR count). The van der Waals surface area contributed by atoms with Gasteiger partial charge in [-0.25, -0.2) is 0 Å². The van der Waals surface area contributed by atoms with E-state index in [0.29, 0.717) is 5.41 Å². The summed E-state index contributed by atoms with van der Waals surface area (Å²) in [5.41, 5.74) is 7.44. The molecule has 0 radical (unpaired) electrons. The summed E-state index contributed by atoms with van der Waals surface area (Å²) >= 11 is 0. The van der Waals surface area contributed by atoms with Crippen molar-refractivity contribution in [3.8, 4) is 5.75 Å². The van der Waals surface area contributed by atoms with Crippen molar-refractivity contribution in [2.45, 2.75) is 31.7 Å². The number of hydrogen-bond donors (Lipinski definition) is 1. The minimum absolute atomic E-state index is 0.459. The molecule has 0 amide bonds. The number of piperidine rings is 1. The molecular formula is C22H26N2O. The average Bonchev–Trinajstić information content (AvgIpc) is 3.21. The lowest BCUT2D eigenvalue weighted by Crippen LogP contribution is -2.30. The van der Waals surface area contributed by atoms with Gasteiger partial charge in [0.15, 0.2) is 0 Å². The number of hydrogen-bond acceptors (Lipinski definition) is 3. The fourth-order valence-corrected chi connectivity index (χ4v) is 4.94. The van der Waals surface area contributed by atoms with Gasteiger partial charge in [-0.1, -0.05) is 18.2 Å². The number of rotatable bonds is 3. The number of benzene rings is 2. The zero-order chi connectivity index (χ0) is 17.0. The highest BCUT2D eigenvalue weighted by Crippen LogP contribution is 2.56. The monoisotopic (exact) mass is 334 g/mol. The Morgan fingerprint density at radius 1 is 1.16 bits per heavy atom. The summed E-state index contributed by atoms with van der Waals surface area (Å²) in [4.78, 5) is 2.51. The van der Waals surface area contributed by atoms with Crippen molar-refractivity contribution in [2.24, 2.45) is 5.92 Å². The maximum atomic E-state index is 5.48. The third-order valence-electron chi connectivity index (χ3n) is 6.60. The van der Waals surface area contributed by atoms with Crippen LogP contribution in [-0.2, 0) is 18.4 Å². The Bertz CT molecular complexity index is 814. The maximum absolute atomic E-state index is 5.48. The Hall–Kier alpha value is -2.00. The number of fused-ring (bicyclic) bond motifs is 2. The number of nitrogens with one attached hydrogen (secondary N) is 1. The first-order valence-electron chi connectivity index (χ1n) is 9.42. The van der Waals surface area contributed by atoms with Crippen LogP contribution in [-0.4, -0.2) is 26.7 Å². The summed E-state index contributed by atoms with van der Waals surface area (Å²) in [5.74, 6) is 1.89. The molecule has 130 valence electrons. The number of aryl methyl sites for hydroxylation is 1. The first kappa shape index (κ1) is 15.3. The Morgan fingerprint density at radius 2 is 2.00 bits per heavy atom. The normalized spacial score (nSPS) is 27.0. The van der Waals surface area contributed by atoms with Gasteiger partial charge in [-0.15, -0.1) is 0 Å². The van der Waals surface area contributed by atoms with Crippen LogP contribution in [0.25, 0.3) is 0 Å².